The van der Waals surface area contributed by atoms with Crippen molar-refractivity contribution < 1.29 is 14.0 Å². The van der Waals surface area contributed by atoms with Crippen molar-refractivity contribution in [2.24, 2.45) is 5.92 Å². The highest BCUT2D eigenvalue weighted by Crippen LogP contribution is 2.34. The lowest BCUT2D eigenvalue weighted by atomic mass is 10.1. The van der Waals surface area contributed by atoms with Crippen molar-refractivity contribution in [2.45, 2.75) is 20.3 Å². The fourth-order valence-corrected chi connectivity index (χ4v) is 3.16. The van der Waals surface area contributed by atoms with E-state index in [-0.39, 0.29) is 27.8 Å². The van der Waals surface area contributed by atoms with Gasteiger partial charge in [-0.05, 0) is 30.5 Å². The van der Waals surface area contributed by atoms with Crippen molar-refractivity contribution in [3.05, 3.63) is 28.5 Å². The number of rotatable bonds is 3. The first-order valence-corrected chi connectivity index (χ1v) is 7.64. The Morgan fingerprint density at radius 2 is 2.25 bits per heavy atom. The molecule has 0 N–H and O–H groups in total. The van der Waals surface area contributed by atoms with Crippen LogP contribution in [0.4, 0.5) is 10.1 Å². The summed E-state index contributed by atoms with van der Waals surface area (Å²) in [5, 5.41) is 0.285. The van der Waals surface area contributed by atoms with Gasteiger partial charge in [0.1, 0.15) is 5.82 Å². The second kappa shape index (κ2) is 6.14. The van der Waals surface area contributed by atoms with Crippen LogP contribution in [-0.2, 0) is 9.59 Å². The standard InChI is InChI=1S/C14H15ClFNO2S/c1-8-3-13(11(15)5-12(8)16)17-6-10(4-14(17)19)7-20-9(2)18/h3,5,10H,4,6-7H2,1-2H3. The van der Waals surface area contributed by atoms with E-state index in [2.05, 4.69) is 0 Å². The van der Waals surface area contributed by atoms with Crippen molar-refractivity contribution in [3.8, 4) is 0 Å². The molecular weight excluding hydrogens is 301 g/mol. The summed E-state index contributed by atoms with van der Waals surface area (Å²) in [6.45, 7) is 3.67. The van der Waals surface area contributed by atoms with Crippen molar-refractivity contribution in [2.75, 3.05) is 17.2 Å². The van der Waals surface area contributed by atoms with E-state index in [4.69, 9.17) is 11.6 Å². The zero-order valence-corrected chi connectivity index (χ0v) is 12.9. The quantitative estimate of drug-likeness (QED) is 0.857. The molecule has 1 aromatic carbocycles. The number of nitrogens with zero attached hydrogens (tertiary/aromatic N) is 1. The summed E-state index contributed by atoms with van der Waals surface area (Å²) in [7, 11) is 0. The summed E-state index contributed by atoms with van der Waals surface area (Å²) in [4.78, 5) is 24.6. The number of amides is 1. The molecule has 108 valence electrons. The number of aryl methyl sites for hydroxylation is 1. The highest BCUT2D eigenvalue weighted by atomic mass is 35.5. The molecule has 1 atom stereocenters. The molecule has 1 aliphatic heterocycles. The fourth-order valence-electron chi connectivity index (χ4n) is 2.21. The molecule has 3 nitrogen and oxygen atoms in total. The number of benzene rings is 1. The van der Waals surface area contributed by atoms with Crippen molar-refractivity contribution in [1.82, 2.24) is 0 Å². The van der Waals surface area contributed by atoms with Gasteiger partial charge in [0.25, 0.3) is 0 Å². The molecule has 1 saturated heterocycles. The number of hydrogen-bond acceptors (Lipinski definition) is 3. The van der Waals surface area contributed by atoms with E-state index in [1.165, 1.54) is 24.8 Å². The summed E-state index contributed by atoms with van der Waals surface area (Å²) in [6, 6.07) is 2.83. The summed E-state index contributed by atoms with van der Waals surface area (Å²) < 4.78 is 13.4. The van der Waals surface area contributed by atoms with E-state index >= 15 is 0 Å². The predicted octanol–water partition coefficient (Wildman–Crippen LogP) is 3.42. The number of hydrogen-bond donors (Lipinski definition) is 0. The molecular formula is C14H15ClFNO2S. The Kier molecular flexibility index (Phi) is 4.70. The third-order valence-corrected chi connectivity index (χ3v) is 4.59. The van der Waals surface area contributed by atoms with Gasteiger partial charge in [-0.25, -0.2) is 4.39 Å². The molecule has 0 aromatic heterocycles. The van der Waals surface area contributed by atoms with Gasteiger partial charge in [-0.1, -0.05) is 23.4 Å². The van der Waals surface area contributed by atoms with Gasteiger partial charge in [0.2, 0.25) is 5.91 Å². The molecule has 20 heavy (non-hydrogen) atoms. The maximum absolute atomic E-state index is 13.4. The summed E-state index contributed by atoms with van der Waals surface area (Å²) >= 11 is 7.26. The highest BCUT2D eigenvalue weighted by Gasteiger charge is 2.32. The lowest BCUT2D eigenvalue weighted by Crippen LogP contribution is -2.25. The number of halogens is 2. The zero-order valence-electron chi connectivity index (χ0n) is 11.3. The van der Waals surface area contributed by atoms with E-state index in [0.29, 0.717) is 30.0 Å². The van der Waals surface area contributed by atoms with E-state index in [9.17, 15) is 14.0 Å². The van der Waals surface area contributed by atoms with Crippen LogP contribution in [0.1, 0.15) is 18.9 Å². The van der Waals surface area contributed by atoms with Crippen molar-refractivity contribution in [1.29, 1.82) is 0 Å². The molecule has 0 aliphatic carbocycles. The molecule has 0 radical (unpaired) electrons. The Bertz CT molecular complexity index is 564. The molecule has 1 amide bonds. The third kappa shape index (κ3) is 3.33. The van der Waals surface area contributed by atoms with Gasteiger partial charge in [-0.2, -0.15) is 0 Å². The van der Waals surface area contributed by atoms with Crippen LogP contribution >= 0.6 is 23.4 Å². The van der Waals surface area contributed by atoms with Crippen LogP contribution in [0.25, 0.3) is 0 Å². The maximum Gasteiger partial charge on any atom is 0.227 e. The predicted molar refractivity (Wildman–Crippen MR) is 79.7 cm³/mol. The van der Waals surface area contributed by atoms with Crippen LogP contribution < -0.4 is 4.90 Å². The van der Waals surface area contributed by atoms with Gasteiger partial charge in [0.05, 0.1) is 10.7 Å². The first kappa shape index (κ1) is 15.3. The topological polar surface area (TPSA) is 37.4 Å². The lowest BCUT2D eigenvalue weighted by Gasteiger charge is -2.19. The minimum Gasteiger partial charge on any atom is -0.311 e. The summed E-state index contributed by atoms with van der Waals surface area (Å²) in [6.07, 6.45) is 0.396. The molecule has 6 heteroatoms. The Hall–Kier alpha value is -1.07. The zero-order chi connectivity index (χ0) is 14.9. The molecule has 0 saturated carbocycles. The number of carbonyl (C=O) groups is 2. The second-order valence-electron chi connectivity index (χ2n) is 4.93. The Morgan fingerprint density at radius 1 is 1.55 bits per heavy atom. The van der Waals surface area contributed by atoms with Gasteiger partial charge in [0, 0.05) is 25.6 Å². The Balaban J connectivity index is 2.16. The molecule has 1 fully saturated rings. The van der Waals surface area contributed by atoms with Crippen LogP contribution in [-0.4, -0.2) is 23.3 Å². The Morgan fingerprint density at radius 3 is 2.90 bits per heavy atom. The van der Waals surface area contributed by atoms with Crippen LogP contribution in [0.2, 0.25) is 5.02 Å². The number of carbonyl (C=O) groups excluding carboxylic acids is 2. The number of thioether (sulfide) groups is 1. The first-order valence-electron chi connectivity index (χ1n) is 6.28. The first-order chi connectivity index (χ1) is 9.38. The molecule has 1 heterocycles. The average molecular weight is 316 g/mol. The second-order valence-corrected chi connectivity index (χ2v) is 6.53. The van der Waals surface area contributed by atoms with Crippen molar-refractivity contribution >= 4 is 40.1 Å². The third-order valence-electron chi connectivity index (χ3n) is 3.25. The van der Waals surface area contributed by atoms with Crippen LogP contribution in [0, 0.1) is 18.7 Å². The van der Waals surface area contributed by atoms with Gasteiger partial charge >= 0.3 is 0 Å². The molecule has 0 spiro atoms. The van der Waals surface area contributed by atoms with Gasteiger partial charge < -0.3 is 4.90 Å². The van der Waals surface area contributed by atoms with Gasteiger partial charge in [-0.3, -0.25) is 9.59 Å². The monoisotopic (exact) mass is 315 g/mol. The smallest absolute Gasteiger partial charge is 0.227 e. The highest BCUT2D eigenvalue weighted by molar-refractivity contribution is 8.13. The minimum absolute atomic E-state index is 0.0351. The van der Waals surface area contributed by atoms with Crippen molar-refractivity contribution in [3.63, 3.8) is 0 Å². The Labute approximate surface area is 126 Å². The summed E-state index contributed by atoms with van der Waals surface area (Å²) in [5.41, 5.74) is 1.00. The minimum atomic E-state index is -0.380. The largest absolute Gasteiger partial charge is 0.311 e. The SMILES string of the molecule is CC(=O)SCC1CC(=O)N(c2cc(C)c(F)cc2Cl)C1. The summed E-state index contributed by atoms with van der Waals surface area (Å²) in [5.74, 6) is 0.328. The molecule has 0 bridgehead atoms. The van der Waals surface area contributed by atoms with E-state index < -0.39 is 0 Å². The van der Waals surface area contributed by atoms with Crippen LogP contribution in [0.3, 0.4) is 0 Å². The van der Waals surface area contributed by atoms with Gasteiger partial charge in [0.15, 0.2) is 5.12 Å². The number of anilines is 1. The van der Waals surface area contributed by atoms with Crippen LogP contribution in [0.15, 0.2) is 12.1 Å². The normalized spacial score (nSPS) is 18.7. The lowest BCUT2D eigenvalue weighted by molar-refractivity contribution is -0.117. The van der Waals surface area contributed by atoms with E-state index in [1.807, 2.05) is 0 Å². The van der Waals surface area contributed by atoms with E-state index in [1.54, 1.807) is 17.9 Å². The molecule has 1 unspecified atom stereocenters. The molecule has 1 aromatic rings. The van der Waals surface area contributed by atoms with Crippen LogP contribution in [0.5, 0.6) is 0 Å². The average Bonchev–Trinajstić information content (AvgIpc) is 2.72. The van der Waals surface area contributed by atoms with E-state index in [0.717, 1.165) is 0 Å². The fraction of sp³-hybridized carbons (Fsp3) is 0.429. The molecule has 1 aliphatic rings. The molecule has 2 rings (SSSR count). The van der Waals surface area contributed by atoms with Gasteiger partial charge in [-0.15, -0.1) is 0 Å². The maximum atomic E-state index is 13.4.